The average Bonchev–Trinajstić information content (AvgIpc) is 2.29. The first-order chi connectivity index (χ1) is 7.53. The van der Waals surface area contributed by atoms with Gasteiger partial charge in [0.2, 0.25) is 0 Å². The van der Waals surface area contributed by atoms with Crippen molar-refractivity contribution in [3.05, 3.63) is 11.6 Å². The van der Waals surface area contributed by atoms with E-state index in [9.17, 15) is 4.79 Å². The molecule has 0 aliphatic heterocycles. The third-order valence-corrected chi connectivity index (χ3v) is 2.42. The van der Waals surface area contributed by atoms with Crippen LogP contribution in [0.3, 0.4) is 0 Å². The first kappa shape index (κ1) is 17.6. The number of carboxylic acids is 1. The molecule has 0 aromatic heterocycles. The van der Waals surface area contributed by atoms with E-state index in [1.807, 2.05) is 6.92 Å². The molecule has 0 unspecified atom stereocenters. The highest BCUT2D eigenvalue weighted by Crippen LogP contribution is 1.96. The summed E-state index contributed by atoms with van der Waals surface area (Å²) in [7, 11) is 0. The minimum Gasteiger partial charge on any atom is -0.478 e. The largest absolute Gasteiger partial charge is 0.478 e. The minimum absolute atomic E-state index is 0.442. The van der Waals surface area contributed by atoms with E-state index in [2.05, 4.69) is 25.7 Å². The van der Waals surface area contributed by atoms with Gasteiger partial charge >= 0.3 is 5.97 Å². The summed E-state index contributed by atoms with van der Waals surface area (Å²) < 4.78 is 0. The maximum atomic E-state index is 10.1. The summed E-state index contributed by atoms with van der Waals surface area (Å²) >= 11 is 0. The highest BCUT2D eigenvalue weighted by atomic mass is 16.4. The number of rotatable bonds is 6. The zero-order chi connectivity index (χ0) is 13.0. The van der Waals surface area contributed by atoms with Crippen LogP contribution in [0.2, 0.25) is 0 Å². The van der Waals surface area contributed by atoms with Gasteiger partial charge in [0.25, 0.3) is 0 Å². The second-order valence-corrected chi connectivity index (χ2v) is 3.60. The Morgan fingerprint density at radius 1 is 1.12 bits per heavy atom. The van der Waals surface area contributed by atoms with Crippen LogP contribution in [0.4, 0.5) is 0 Å². The van der Waals surface area contributed by atoms with Crippen molar-refractivity contribution in [2.45, 2.75) is 47.5 Å². The Morgan fingerprint density at radius 2 is 1.56 bits per heavy atom. The summed E-state index contributed by atoms with van der Waals surface area (Å²) in [5.74, 6) is -0.816. The standard InChI is InChI=1S/C7H12O2.C6H15N/c1-3-4-5-6(2)7(8)9;1-4-7(5-2)6-3/h5H,3-4H2,1-2H3,(H,8,9);4-6H2,1-3H3. The number of aliphatic carboxylic acids is 1. The zero-order valence-electron chi connectivity index (χ0n) is 11.4. The molecule has 0 radical (unpaired) electrons. The molecule has 96 valence electrons. The van der Waals surface area contributed by atoms with Crippen molar-refractivity contribution in [1.82, 2.24) is 4.90 Å². The Labute approximate surface area is 100 Å². The second kappa shape index (κ2) is 12.2. The van der Waals surface area contributed by atoms with Gasteiger partial charge in [-0.15, -0.1) is 0 Å². The number of carbonyl (C=O) groups is 1. The van der Waals surface area contributed by atoms with Gasteiger partial charge in [-0.05, 0) is 33.0 Å². The Morgan fingerprint density at radius 3 is 1.75 bits per heavy atom. The van der Waals surface area contributed by atoms with Crippen LogP contribution in [0.15, 0.2) is 11.6 Å². The van der Waals surface area contributed by atoms with E-state index in [1.165, 1.54) is 19.6 Å². The summed E-state index contributed by atoms with van der Waals surface area (Å²) in [6.07, 6.45) is 3.60. The molecule has 3 heteroatoms. The maximum absolute atomic E-state index is 10.1. The highest BCUT2D eigenvalue weighted by Gasteiger charge is 1.95. The molecule has 16 heavy (non-hydrogen) atoms. The van der Waals surface area contributed by atoms with Crippen molar-refractivity contribution < 1.29 is 9.90 Å². The fourth-order valence-corrected chi connectivity index (χ4v) is 1.12. The lowest BCUT2D eigenvalue weighted by atomic mass is 10.2. The number of unbranched alkanes of at least 4 members (excludes halogenated alkanes) is 1. The Kier molecular flexibility index (Phi) is 13.4. The molecule has 0 fully saturated rings. The van der Waals surface area contributed by atoms with Crippen LogP contribution in [0.5, 0.6) is 0 Å². The average molecular weight is 229 g/mol. The fourth-order valence-electron chi connectivity index (χ4n) is 1.12. The Hall–Kier alpha value is -0.830. The highest BCUT2D eigenvalue weighted by molar-refractivity contribution is 5.85. The third kappa shape index (κ3) is 11.2. The molecular formula is C13H27NO2. The first-order valence-corrected chi connectivity index (χ1v) is 6.15. The van der Waals surface area contributed by atoms with Gasteiger partial charge in [-0.3, -0.25) is 0 Å². The summed E-state index contributed by atoms with van der Waals surface area (Å²) in [6, 6.07) is 0. The monoisotopic (exact) mass is 229 g/mol. The zero-order valence-corrected chi connectivity index (χ0v) is 11.4. The van der Waals surface area contributed by atoms with E-state index in [4.69, 9.17) is 5.11 Å². The summed E-state index contributed by atoms with van der Waals surface area (Å²) in [5, 5.41) is 8.34. The van der Waals surface area contributed by atoms with Crippen LogP contribution >= 0.6 is 0 Å². The van der Waals surface area contributed by atoms with Crippen LogP contribution in [0.1, 0.15) is 47.5 Å². The summed E-state index contributed by atoms with van der Waals surface area (Å²) in [5.41, 5.74) is 0.442. The van der Waals surface area contributed by atoms with Gasteiger partial charge in [0.05, 0.1) is 0 Å². The number of hydrogen-bond acceptors (Lipinski definition) is 2. The van der Waals surface area contributed by atoms with Crippen molar-refractivity contribution in [2.24, 2.45) is 0 Å². The molecule has 0 aromatic carbocycles. The smallest absolute Gasteiger partial charge is 0.330 e. The van der Waals surface area contributed by atoms with E-state index in [0.29, 0.717) is 5.57 Å². The number of hydrogen-bond donors (Lipinski definition) is 1. The fraction of sp³-hybridized carbons (Fsp3) is 0.769. The quantitative estimate of drug-likeness (QED) is 0.711. The lowest BCUT2D eigenvalue weighted by molar-refractivity contribution is -0.132. The second-order valence-electron chi connectivity index (χ2n) is 3.60. The molecule has 0 amide bonds. The van der Waals surface area contributed by atoms with Gasteiger partial charge < -0.3 is 10.0 Å². The molecule has 0 rings (SSSR count). The Balaban J connectivity index is 0. The van der Waals surface area contributed by atoms with Crippen molar-refractivity contribution in [3.8, 4) is 0 Å². The van der Waals surface area contributed by atoms with Gasteiger partial charge in [-0.25, -0.2) is 4.79 Å². The van der Waals surface area contributed by atoms with E-state index >= 15 is 0 Å². The van der Waals surface area contributed by atoms with Gasteiger partial charge in [-0.1, -0.05) is 40.2 Å². The van der Waals surface area contributed by atoms with Gasteiger partial charge in [0, 0.05) is 5.57 Å². The van der Waals surface area contributed by atoms with Gasteiger partial charge in [0.1, 0.15) is 0 Å². The van der Waals surface area contributed by atoms with Crippen molar-refractivity contribution in [3.63, 3.8) is 0 Å². The van der Waals surface area contributed by atoms with Crippen molar-refractivity contribution in [1.29, 1.82) is 0 Å². The third-order valence-electron chi connectivity index (χ3n) is 2.42. The number of allylic oxidation sites excluding steroid dienone is 1. The molecular weight excluding hydrogens is 202 g/mol. The lowest BCUT2D eigenvalue weighted by Crippen LogP contribution is -2.21. The van der Waals surface area contributed by atoms with Crippen molar-refractivity contribution >= 4 is 5.97 Å². The summed E-state index contributed by atoms with van der Waals surface area (Å²) in [6.45, 7) is 13.8. The molecule has 0 spiro atoms. The normalized spacial score (nSPS) is 11.0. The number of carboxylic acid groups (broad SMARTS) is 1. The van der Waals surface area contributed by atoms with Crippen molar-refractivity contribution in [2.75, 3.05) is 19.6 Å². The molecule has 0 atom stereocenters. The van der Waals surface area contributed by atoms with Crippen LogP contribution in [0.25, 0.3) is 0 Å². The first-order valence-electron chi connectivity index (χ1n) is 6.15. The maximum Gasteiger partial charge on any atom is 0.330 e. The molecule has 0 aliphatic carbocycles. The van der Waals surface area contributed by atoms with Gasteiger partial charge in [0.15, 0.2) is 0 Å². The molecule has 0 aromatic rings. The predicted molar refractivity (Wildman–Crippen MR) is 69.8 cm³/mol. The topological polar surface area (TPSA) is 40.5 Å². The van der Waals surface area contributed by atoms with E-state index in [-0.39, 0.29) is 0 Å². The molecule has 0 saturated carbocycles. The molecule has 0 bridgehead atoms. The number of nitrogens with zero attached hydrogens (tertiary/aromatic N) is 1. The molecule has 0 saturated heterocycles. The minimum atomic E-state index is -0.816. The van der Waals surface area contributed by atoms with Crippen LogP contribution in [-0.4, -0.2) is 35.6 Å². The van der Waals surface area contributed by atoms with E-state index < -0.39 is 5.97 Å². The Bertz CT molecular complexity index is 191. The van der Waals surface area contributed by atoms with Crippen LogP contribution < -0.4 is 0 Å². The molecule has 3 nitrogen and oxygen atoms in total. The van der Waals surface area contributed by atoms with E-state index in [1.54, 1.807) is 13.0 Å². The SMILES string of the molecule is CCCC=C(C)C(=O)O.CCN(CC)CC. The van der Waals surface area contributed by atoms with Gasteiger partial charge in [-0.2, -0.15) is 0 Å². The predicted octanol–water partition coefficient (Wildman–Crippen LogP) is 3.17. The van der Waals surface area contributed by atoms with E-state index in [0.717, 1.165) is 12.8 Å². The molecule has 0 aliphatic rings. The molecule has 0 heterocycles. The molecule has 1 N–H and O–H groups in total. The van der Waals surface area contributed by atoms with Crippen LogP contribution in [0, 0.1) is 0 Å². The lowest BCUT2D eigenvalue weighted by Gasteiger charge is -2.13. The summed E-state index contributed by atoms with van der Waals surface area (Å²) in [4.78, 5) is 12.5. The van der Waals surface area contributed by atoms with Crippen LogP contribution in [-0.2, 0) is 4.79 Å².